The van der Waals surface area contributed by atoms with Gasteiger partial charge in [-0.2, -0.15) is 5.10 Å². The second-order valence-electron chi connectivity index (χ2n) is 6.86. The standard InChI is InChI=1S/C18H23N5O3/c1-26-15-4-2-8-23-17(15)14(10-19-23)18(25)20-13-5-9-21(11-13)12-16(24)22-6-3-7-22/h2,4,8,10,13H,3,5-7,9,11-12H2,1H3,(H,20,25)/t13-/m0/s1. The topological polar surface area (TPSA) is 79.2 Å². The van der Waals surface area contributed by atoms with E-state index in [9.17, 15) is 9.59 Å². The molecule has 138 valence electrons. The lowest BCUT2D eigenvalue weighted by Gasteiger charge is -2.32. The van der Waals surface area contributed by atoms with E-state index in [1.807, 2.05) is 17.0 Å². The van der Waals surface area contributed by atoms with Crippen molar-refractivity contribution in [3.63, 3.8) is 0 Å². The summed E-state index contributed by atoms with van der Waals surface area (Å²) in [5, 5.41) is 7.30. The Morgan fingerprint density at radius 3 is 2.92 bits per heavy atom. The quantitative estimate of drug-likeness (QED) is 0.837. The number of ether oxygens (including phenoxy) is 1. The Morgan fingerprint density at radius 2 is 2.19 bits per heavy atom. The van der Waals surface area contributed by atoms with Crippen molar-refractivity contribution in [1.29, 1.82) is 0 Å². The Kier molecular flexibility index (Phi) is 4.50. The van der Waals surface area contributed by atoms with Gasteiger partial charge in [0.25, 0.3) is 5.91 Å². The molecule has 2 amide bonds. The van der Waals surface area contributed by atoms with E-state index in [-0.39, 0.29) is 17.9 Å². The Bertz CT molecular complexity index is 829. The van der Waals surface area contributed by atoms with Crippen LogP contribution in [0.5, 0.6) is 5.75 Å². The van der Waals surface area contributed by atoms with Crippen LogP contribution < -0.4 is 10.1 Å². The lowest BCUT2D eigenvalue weighted by atomic mass is 10.2. The minimum absolute atomic E-state index is 0.0383. The van der Waals surface area contributed by atoms with E-state index in [1.54, 1.807) is 24.0 Å². The van der Waals surface area contributed by atoms with Crippen LogP contribution in [0, 0.1) is 0 Å². The maximum atomic E-state index is 12.7. The van der Waals surface area contributed by atoms with Gasteiger partial charge < -0.3 is 15.0 Å². The fourth-order valence-corrected chi connectivity index (χ4v) is 3.56. The molecular weight excluding hydrogens is 334 g/mol. The molecule has 2 aromatic heterocycles. The van der Waals surface area contributed by atoms with Crippen LogP contribution in [0.1, 0.15) is 23.2 Å². The molecule has 1 N–H and O–H groups in total. The van der Waals surface area contributed by atoms with Gasteiger partial charge in [0.1, 0.15) is 11.3 Å². The number of pyridine rings is 1. The molecule has 0 radical (unpaired) electrons. The van der Waals surface area contributed by atoms with Crippen LogP contribution >= 0.6 is 0 Å². The van der Waals surface area contributed by atoms with Gasteiger partial charge in [-0.1, -0.05) is 0 Å². The lowest BCUT2D eigenvalue weighted by molar-refractivity contribution is -0.135. The first-order valence-electron chi connectivity index (χ1n) is 8.97. The van der Waals surface area contributed by atoms with Gasteiger partial charge in [-0.3, -0.25) is 14.5 Å². The fourth-order valence-electron chi connectivity index (χ4n) is 3.56. The second-order valence-corrected chi connectivity index (χ2v) is 6.86. The highest BCUT2D eigenvalue weighted by atomic mass is 16.5. The van der Waals surface area contributed by atoms with Crippen molar-refractivity contribution < 1.29 is 14.3 Å². The molecule has 26 heavy (non-hydrogen) atoms. The number of carbonyl (C=O) groups excluding carboxylic acids is 2. The Labute approximate surface area is 151 Å². The van der Waals surface area contributed by atoms with Gasteiger partial charge in [0, 0.05) is 38.4 Å². The maximum absolute atomic E-state index is 12.7. The summed E-state index contributed by atoms with van der Waals surface area (Å²) in [4.78, 5) is 28.8. The number of nitrogens with zero attached hydrogens (tertiary/aromatic N) is 4. The highest BCUT2D eigenvalue weighted by Gasteiger charge is 2.29. The predicted molar refractivity (Wildman–Crippen MR) is 95.3 cm³/mol. The maximum Gasteiger partial charge on any atom is 0.255 e. The normalized spacial score (nSPS) is 20.2. The number of hydrogen-bond acceptors (Lipinski definition) is 5. The Hall–Kier alpha value is -2.61. The lowest BCUT2D eigenvalue weighted by Crippen LogP contribution is -2.47. The highest BCUT2D eigenvalue weighted by Crippen LogP contribution is 2.23. The molecule has 2 aliphatic heterocycles. The highest BCUT2D eigenvalue weighted by molar-refractivity contribution is 6.02. The minimum Gasteiger partial charge on any atom is -0.494 e. The van der Waals surface area contributed by atoms with Crippen LogP contribution in [0.15, 0.2) is 24.5 Å². The average molecular weight is 357 g/mol. The smallest absolute Gasteiger partial charge is 0.255 e. The van der Waals surface area contributed by atoms with Crippen molar-refractivity contribution in [2.45, 2.75) is 18.9 Å². The van der Waals surface area contributed by atoms with E-state index in [4.69, 9.17) is 4.74 Å². The molecule has 0 saturated carbocycles. The van der Waals surface area contributed by atoms with E-state index in [2.05, 4.69) is 15.3 Å². The van der Waals surface area contributed by atoms with Gasteiger partial charge in [0.15, 0.2) is 0 Å². The summed E-state index contributed by atoms with van der Waals surface area (Å²) in [6.45, 7) is 3.72. The summed E-state index contributed by atoms with van der Waals surface area (Å²) in [5.74, 6) is 0.643. The van der Waals surface area contributed by atoms with E-state index in [1.165, 1.54) is 0 Å². The molecule has 2 saturated heterocycles. The molecule has 2 aromatic rings. The van der Waals surface area contributed by atoms with Crippen LogP contribution in [0.2, 0.25) is 0 Å². The van der Waals surface area contributed by atoms with Crippen molar-refractivity contribution in [1.82, 2.24) is 24.7 Å². The molecule has 1 atom stereocenters. The third-order valence-electron chi connectivity index (χ3n) is 5.14. The molecule has 0 aromatic carbocycles. The molecule has 4 heterocycles. The average Bonchev–Trinajstić information content (AvgIpc) is 3.19. The Balaban J connectivity index is 1.39. The van der Waals surface area contributed by atoms with Gasteiger partial charge in [-0.15, -0.1) is 0 Å². The third kappa shape index (κ3) is 3.12. The van der Waals surface area contributed by atoms with E-state index >= 15 is 0 Å². The third-order valence-corrected chi connectivity index (χ3v) is 5.14. The molecule has 2 aliphatic rings. The zero-order chi connectivity index (χ0) is 18.1. The van der Waals surface area contributed by atoms with Crippen molar-refractivity contribution in [2.75, 3.05) is 39.8 Å². The number of methoxy groups -OCH3 is 1. The van der Waals surface area contributed by atoms with Gasteiger partial charge >= 0.3 is 0 Å². The van der Waals surface area contributed by atoms with Crippen LogP contribution in [0.4, 0.5) is 0 Å². The zero-order valence-corrected chi connectivity index (χ0v) is 14.9. The zero-order valence-electron chi connectivity index (χ0n) is 14.9. The second kappa shape index (κ2) is 6.95. The number of nitrogens with one attached hydrogen (secondary N) is 1. The fraction of sp³-hybridized carbons (Fsp3) is 0.500. The minimum atomic E-state index is -0.162. The van der Waals surface area contributed by atoms with Crippen molar-refractivity contribution in [3.05, 3.63) is 30.1 Å². The molecule has 2 fully saturated rings. The monoisotopic (exact) mass is 357 g/mol. The first kappa shape index (κ1) is 16.8. The number of likely N-dealkylation sites (tertiary alicyclic amines) is 2. The van der Waals surface area contributed by atoms with Crippen molar-refractivity contribution >= 4 is 17.3 Å². The molecule has 0 unspecified atom stereocenters. The number of hydrogen-bond donors (Lipinski definition) is 1. The summed E-state index contributed by atoms with van der Waals surface area (Å²) in [5.41, 5.74) is 1.16. The van der Waals surface area contributed by atoms with Gasteiger partial charge in [0.2, 0.25) is 5.91 Å². The molecule has 8 heteroatoms. The summed E-state index contributed by atoms with van der Waals surface area (Å²) in [7, 11) is 1.58. The SMILES string of the molecule is COc1cccn2ncc(C(=O)N[C@H]3CCN(CC(=O)N4CCC4)C3)c12. The van der Waals surface area contributed by atoms with Crippen LogP contribution in [-0.4, -0.2) is 77.1 Å². The summed E-state index contributed by atoms with van der Waals surface area (Å²) >= 11 is 0. The number of aromatic nitrogens is 2. The molecular formula is C18H23N5O3. The number of fused-ring (bicyclic) bond motifs is 1. The predicted octanol–water partition coefficient (Wildman–Crippen LogP) is 0.379. The molecule has 0 aliphatic carbocycles. The molecule has 8 nitrogen and oxygen atoms in total. The summed E-state index contributed by atoms with van der Waals surface area (Å²) in [6, 6.07) is 3.67. The number of rotatable bonds is 5. The van der Waals surface area contributed by atoms with E-state index in [0.717, 1.165) is 32.5 Å². The van der Waals surface area contributed by atoms with E-state index < -0.39 is 0 Å². The van der Waals surface area contributed by atoms with E-state index in [0.29, 0.717) is 29.9 Å². The summed E-state index contributed by atoms with van der Waals surface area (Å²) < 4.78 is 6.99. The molecule has 4 rings (SSSR count). The van der Waals surface area contributed by atoms with Gasteiger partial charge in [0.05, 0.1) is 25.4 Å². The van der Waals surface area contributed by atoms with Gasteiger partial charge in [-0.25, -0.2) is 4.52 Å². The van der Waals surface area contributed by atoms with Gasteiger partial charge in [-0.05, 0) is 25.0 Å². The largest absolute Gasteiger partial charge is 0.494 e. The van der Waals surface area contributed by atoms with Crippen molar-refractivity contribution in [2.24, 2.45) is 0 Å². The Morgan fingerprint density at radius 1 is 1.35 bits per heavy atom. The number of carbonyl (C=O) groups is 2. The van der Waals surface area contributed by atoms with Crippen LogP contribution in [0.3, 0.4) is 0 Å². The van der Waals surface area contributed by atoms with Crippen LogP contribution in [-0.2, 0) is 4.79 Å². The van der Waals surface area contributed by atoms with Crippen LogP contribution in [0.25, 0.3) is 5.52 Å². The first-order valence-corrected chi connectivity index (χ1v) is 8.97. The first-order chi connectivity index (χ1) is 12.7. The van der Waals surface area contributed by atoms with Crippen molar-refractivity contribution in [3.8, 4) is 5.75 Å². The molecule has 0 bridgehead atoms. The number of amides is 2. The summed E-state index contributed by atoms with van der Waals surface area (Å²) in [6.07, 6.45) is 5.30. The molecule has 0 spiro atoms.